The molecular formula is C10H12F2N2O2S. The third-order valence-electron chi connectivity index (χ3n) is 2.70. The van der Waals surface area contributed by atoms with E-state index in [1.54, 1.807) is 0 Å². The fourth-order valence-corrected chi connectivity index (χ4v) is 3.35. The Hall–Kier alpha value is -1.05. The van der Waals surface area contributed by atoms with Crippen LogP contribution in [0.3, 0.4) is 0 Å². The molecule has 1 saturated heterocycles. The maximum atomic E-state index is 13.4. The molecule has 0 unspecified atom stereocenters. The summed E-state index contributed by atoms with van der Waals surface area (Å²) in [5.41, 5.74) is 5.60. The molecule has 7 heteroatoms. The summed E-state index contributed by atoms with van der Waals surface area (Å²) in [5, 5.41) is 0. The molecular weight excluding hydrogens is 250 g/mol. The molecule has 1 aromatic rings. The van der Waals surface area contributed by atoms with Gasteiger partial charge in [-0.3, -0.25) is 0 Å². The van der Waals surface area contributed by atoms with Gasteiger partial charge >= 0.3 is 0 Å². The summed E-state index contributed by atoms with van der Waals surface area (Å²) in [6.07, 6.45) is 0.544. The van der Waals surface area contributed by atoms with Crippen LogP contribution < -0.4 is 5.73 Å². The van der Waals surface area contributed by atoms with Gasteiger partial charge in [0.1, 0.15) is 16.5 Å². The highest BCUT2D eigenvalue weighted by molar-refractivity contribution is 7.89. The molecule has 0 aliphatic carbocycles. The zero-order chi connectivity index (χ0) is 12.6. The molecule has 1 aliphatic rings. The molecule has 94 valence electrons. The number of hydrogen-bond acceptors (Lipinski definition) is 3. The highest BCUT2D eigenvalue weighted by atomic mass is 32.2. The quantitative estimate of drug-likeness (QED) is 0.852. The highest BCUT2D eigenvalue weighted by Gasteiger charge is 2.32. The van der Waals surface area contributed by atoms with Crippen molar-refractivity contribution < 1.29 is 17.2 Å². The summed E-state index contributed by atoms with van der Waals surface area (Å²) in [6, 6.07) is 2.19. The van der Waals surface area contributed by atoms with Gasteiger partial charge in [0.15, 0.2) is 0 Å². The van der Waals surface area contributed by atoms with Gasteiger partial charge in [-0.05, 0) is 18.6 Å². The monoisotopic (exact) mass is 262 g/mol. The Bertz CT molecular complexity index is 533. The molecule has 1 aromatic carbocycles. The molecule has 1 atom stereocenters. The Morgan fingerprint density at radius 3 is 2.59 bits per heavy atom. The topological polar surface area (TPSA) is 63.4 Å². The first-order valence-electron chi connectivity index (χ1n) is 5.12. The van der Waals surface area contributed by atoms with Gasteiger partial charge in [0.25, 0.3) is 0 Å². The SMILES string of the molecule is N[C@@H]1CCN(S(=O)(=O)c2ccc(F)cc2F)C1. The molecule has 4 nitrogen and oxygen atoms in total. The van der Waals surface area contributed by atoms with Crippen molar-refractivity contribution in [2.24, 2.45) is 5.73 Å². The van der Waals surface area contributed by atoms with E-state index in [0.717, 1.165) is 16.4 Å². The van der Waals surface area contributed by atoms with E-state index in [2.05, 4.69) is 0 Å². The zero-order valence-corrected chi connectivity index (χ0v) is 9.75. The van der Waals surface area contributed by atoms with E-state index in [0.29, 0.717) is 12.5 Å². The van der Waals surface area contributed by atoms with E-state index in [9.17, 15) is 17.2 Å². The number of halogens is 2. The zero-order valence-electron chi connectivity index (χ0n) is 8.94. The van der Waals surface area contributed by atoms with Crippen molar-refractivity contribution >= 4 is 10.0 Å². The van der Waals surface area contributed by atoms with Gasteiger partial charge in [0.05, 0.1) is 0 Å². The lowest BCUT2D eigenvalue weighted by Gasteiger charge is -2.16. The highest BCUT2D eigenvalue weighted by Crippen LogP contribution is 2.23. The predicted octanol–water partition coefficient (Wildman–Crippen LogP) is 0.686. The largest absolute Gasteiger partial charge is 0.326 e. The van der Waals surface area contributed by atoms with Gasteiger partial charge < -0.3 is 5.73 Å². The standard InChI is InChI=1S/C10H12F2N2O2S/c11-7-1-2-10(9(12)5-7)17(15,16)14-4-3-8(13)6-14/h1-2,5,8H,3-4,6,13H2/t8-/m1/s1. The van der Waals surface area contributed by atoms with E-state index in [1.165, 1.54) is 0 Å². The van der Waals surface area contributed by atoms with Crippen LogP contribution >= 0.6 is 0 Å². The normalized spacial score (nSPS) is 21.9. The fourth-order valence-electron chi connectivity index (χ4n) is 1.80. The Morgan fingerprint density at radius 1 is 1.35 bits per heavy atom. The molecule has 0 bridgehead atoms. The molecule has 0 aromatic heterocycles. The van der Waals surface area contributed by atoms with Crippen LogP contribution in [-0.2, 0) is 10.0 Å². The lowest BCUT2D eigenvalue weighted by molar-refractivity contribution is 0.464. The van der Waals surface area contributed by atoms with Gasteiger partial charge in [-0.15, -0.1) is 0 Å². The van der Waals surface area contributed by atoms with Crippen LogP contribution in [-0.4, -0.2) is 31.9 Å². The van der Waals surface area contributed by atoms with Crippen LogP contribution in [0.2, 0.25) is 0 Å². The van der Waals surface area contributed by atoms with Gasteiger partial charge in [-0.25, -0.2) is 17.2 Å². The number of rotatable bonds is 2. The van der Waals surface area contributed by atoms with Crippen LogP contribution in [0.15, 0.2) is 23.1 Å². The predicted molar refractivity (Wildman–Crippen MR) is 57.7 cm³/mol. The summed E-state index contributed by atoms with van der Waals surface area (Å²) in [6.45, 7) is 0.430. The third kappa shape index (κ3) is 2.31. The van der Waals surface area contributed by atoms with Gasteiger partial charge in [-0.1, -0.05) is 0 Å². The van der Waals surface area contributed by atoms with Gasteiger partial charge in [-0.2, -0.15) is 4.31 Å². The van der Waals surface area contributed by atoms with Crippen molar-refractivity contribution in [1.82, 2.24) is 4.31 Å². The van der Waals surface area contributed by atoms with E-state index in [4.69, 9.17) is 5.73 Å². The number of hydrogen-bond donors (Lipinski definition) is 1. The first kappa shape index (κ1) is 12.4. The smallest absolute Gasteiger partial charge is 0.246 e. The lowest BCUT2D eigenvalue weighted by Crippen LogP contribution is -2.32. The van der Waals surface area contributed by atoms with E-state index >= 15 is 0 Å². The summed E-state index contributed by atoms with van der Waals surface area (Å²) < 4.78 is 51.3. The molecule has 17 heavy (non-hydrogen) atoms. The molecule has 2 rings (SSSR count). The molecule has 0 spiro atoms. The van der Waals surface area contributed by atoms with E-state index < -0.39 is 26.6 Å². The summed E-state index contributed by atoms with van der Waals surface area (Å²) in [4.78, 5) is -0.506. The molecule has 0 radical (unpaired) electrons. The van der Waals surface area contributed by atoms with Crippen LogP contribution in [0.1, 0.15) is 6.42 Å². The van der Waals surface area contributed by atoms with Gasteiger partial charge in [0.2, 0.25) is 10.0 Å². The number of sulfonamides is 1. The van der Waals surface area contributed by atoms with Crippen LogP contribution in [0.4, 0.5) is 8.78 Å². The van der Waals surface area contributed by atoms with Crippen molar-refractivity contribution in [3.63, 3.8) is 0 Å². The molecule has 1 heterocycles. The molecule has 0 amide bonds. The second-order valence-corrected chi connectivity index (χ2v) is 5.89. The van der Waals surface area contributed by atoms with Crippen LogP contribution in [0, 0.1) is 11.6 Å². The average molecular weight is 262 g/mol. The maximum Gasteiger partial charge on any atom is 0.246 e. The fraction of sp³-hybridized carbons (Fsp3) is 0.400. The Balaban J connectivity index is 2.38. The summed E-state index contributed by atoms with van der Waals surface area (Å²) in [7, 11) is -3.91. The second-order valence-electron chi connectivity index (χ2n) is 3.99. The van der Waals surface area contributed by atoms with Crippen molar-refractivity contribution in [3.05, 3.63) is 29.8 Å². The number of nitrogens with zero attached hydrogens (tertiary/aromatic N) is 1. The van der Waals surface area contributed by atoms with Crippen molar-refractivity contribution in [3.8, 4) is 0 Å². The minimum absolute atomic E-state index is 0.166. The van der Waals surface area contributed by atoms with E-state index in [1.807, 2.05) is 0 Å². The van der Waals surface area contributed by atoms with Crippen LogP contribution in [0.5, 0.6) is 0 Å². The van der Waals surface area contributed by atoms with Gasteiger partial charge in [0, 0.05) is 25.2 Å². The maximum absolute atomic E-state index is 13.4. The van der Waals surface area contributed by atoms with Crippen molar-refractivity contribution in [2.45, 2.75) is 17.4 Å². The molecule has 2 N–H and O–H groups in total. The molecule has 1 fully saturated rings. The molecule has 1 aliphatic heterocycles. The lowest BCUT2D eigenvalue weighted by atomic mass is 10.3. The Morgan fingerprint density at radius 2 is 2.06 bits per heavy atom. The van der Waals surface area contributed by atoms with Crippen LogP contribution in [0.25, 0.3) is 0 Å². The summed E-state index contributed by atoms with van der Waals surface area (Å²) >= 11 is 0. The van der Waals surface area contributed by atoms with Crippen molar-refractivity contribution in [2.75, 3.05) is 13.1 Å². The number of nitrogens with two attached hydrogens (primary N) is 1. The van der Waals surface area contributed by atoms with Crippen molar-refractivity contribution in [1.29, 1.82) is 0 Å². The van der Waals surface area contributed by atoms with E-state index in [-0.39, 0.29) is 19.1 Å². The first-order chi connectivity index (χ1) is 7.91. The minimum Gasteiger partial charge on any atom is -0.326 e. The average Bonchev–Trinajstić information content (AvgIpc) is 2.64. The Labute approximate surface area is 98.1 Å². The molecule has 0 saturated carbocycles. The number of benzene rings is 1. The first-order valence-corrected chi connectivity index (χ1v) is 6.56. The summed E-state index contributed by atoms with van der Waals surface area (Å²) in [5.74, 6) is -1.88. The Kier molecular flexibility index (Phi) is 3.15. The minimum atomic E-state index is -3.91. The third-order valence-corrected chi connectivity index (χ3v) is 4.60. The second kappa shape index (κ2) is 4.32.